The van der Waals surface area contributed by atoms with Gasteiger partial charge in [-0.25, -0.2) is 9.18 Å². The summed E-state index contributed by atoms with van der Waals surface area (Å²) in [6, 6.07) is 8.10. The Morgan fingerprint density at radius 2 is 1.76 bits per heavy atom. The predicted octanol–water partition coefficient (Wildman–Crippen LogP) is 2.00. The number of aromatic carboxylic acids is 1. The molecule has 2 aromatic rings. The molecule has 108 valence electrons. The second-order valence-corrected chi connectivity index (χ2v) is 4.10. The van der Waals surface area contributed by atoms with Gasteiger partial charge in [-0.3, -0.25) is 4.79 Å². The first kappa shape index (κ1) is 14.3. The Morgan fingerprint density at radius 3 is 2.38 bits per heavy atom. The third-order valence-corrected chi connectivity index (χ3v) is 2.74. The predicted molar refractivity (Wildman–Crippen MR) is 72.8 cm³/mol. The normalized spacial score (nSPS) is 10.1. The summed E-state index contributed by atoms with van der Waals surface area (Å²) in [5.41, 5.74) is 9.61. The molecule has 0 saturated heterocycles. The number of primary amides is 1. The lowest BCUT2D eigenvalue weighted by atomic mass is 10.1. The van der Waals surface area contributed by atoms with Gasteiger partial charge >= 0.3 is 5.97 Å². The van der Waals surface area contributed by atoms with Crippen LogP contribution in [-0.2, 0) is 0 Å². The van der Waals surface area contributed by atoms with Gasteiger partial charge in [-0.05, 0) is 24.3 Å². The summed E-state index contributed by atoms with van der Waals surface area (Å²) in [7, 11) is 0. The van der Waals surface area contributed by atoms with Crippen LogP contribution in [0.15, 0.2) is 36.4 Å². The van der Waals surface area contributed by atoms with E-state index in [1.165, 1.54) is 12.1 Å². The Kier molecular flexibility index (Phi) is 3.75. The van der Waals surface area contributed by atoms with Crippen molar-refractivity contribution in [3.8, 4) is 11.5 Å². The molecule has 1 amide bonds. The fourth-order valence-corrected chi connectivity index (χ4v) is 1.76. The van der Waals surface area contributed by atoms with E-state index in [0.717, 1.165) is 12.1 Å². The molecule has 7 heteroatoms. The van der Waals surface area contributed by atoms with Crippen LogP contribution in [0.25, 0.3) is 0 Å². The van der Waals surface area contributed by atoms with Crippen molar-refractivity contribution in [2.45, 2.75) is 0 Å². The SMILES string of the molecule is NC(=O)c1ccccc1Oc1ccc(F)c(N)c1C(=O)O. The van der Waals surface area contributed by atoms with Crippen molar-refractivity contribution >= 4 is 17.6 Å². The van der Waals surface area contributed by atoms with Crippen LogP contribution >= 0.6 is 0 Å². The Balaban J connectivity index is 2.53. The van der Waals surface area contributed by atoms with Crippen molar-refractivity contribution in [3.05, 3.63) is 53.3 Å². The van der Waals surface area contributed by atoms with E-state index in [-0.39, 0.29) is 17.1 Å². The topological polar surface area (TPSA) is 116 Å². The van der Waals surface area contributed by atoms with Gasteiger partial charge in [-0.1, -0.05) is 12.1 Å². The molecule has 0 unspecified atom stereocenters. The maximum atomic E-state index is 13.3. The largest absolute Gasteiger partial charge is 0.477 e. The lowest BCUT2D eigenvalue weighted by molar-refractivity contribution is 0.0695. The van der Waals surface area contributed by atoms with Crippen LogP contribution in [0, 0.1) is 5.82 Å². The molecule has 0 spiro atoms. The number of carbonyl (C=O) groups excluding carboxylic acids is 1. The maximum absolute atomic E-state index is 13.3. The van der Waals surface area contributed by atoms with Crippen molar-refractivity contribution in [2.75, 3.05) is 5.73 Å². The number of anilines is 1. The Hall–Kier alpha value is -3.09. The van der Waals surface area contributed by atoms with E-state index in [1.807, 2.05) is 0 Å². The van der Waals surface area contributed by atoms with Crippen LogP contribution in [0.3, 0.4) is 0 Å². The van der Waals surface area contributed by atoms with E-state index in [4.69, 9.17) is 21.3 Å². The van der Waals surface area contributed by atoms with Crippen molar-refractivity contribution in [3.63, 3.8) is 0 Å². The zero-order chi connectivity index (χ0) is 15.6. The van der Waals surface area contributed by atoms with E-state index >= 15 is 0 Å². The van der Waals surface area contributed by atoms with Crippen LogP contribution in [0.5, 0.6) is 11.5 Å². The summed E-state index contributed by atoms with van der Waals surface area (Å²) in [4.78, 5) is 22.5. The Labute approximate surface area is 118 Å². The molecule has 6 nitrogen and oxygen atoms in total. The number of carbonyl (C=O) groups is 2. The molecule has 0 atom stereocenters. The molecule has 0 heterocycles. The smallest absolute Gasteiger partial charge is 0.341 e. The molecule has 0 aromatic heterocycles. The summed E-state index contributed by atoms with van der Waals surface area (Å²) >= 11 is 0. The fraction of sp³-hybridized carbons (Fsp3) is 0. The third kappa shape index (κ3) is 2.76. The van der Waals surface area contributed by atoms with E-state index in [1.54, 1.807) is 12.1 Å². The minimum atomic E-state index is -1.45. The molecule has 0 saturated carbocycles. The first-order valence-corrected chi connectivity index (χ1v) is 5.79. The Bertz CT molecular complexity index is 731. The van der Waals surface area contributed by atoms with Crippen LogP contribution in [0.4, 0.5) is 10.1 Å². The molecule has 0 fully saturated rings. The maximum Gasteiger partial charge on any atom is 0.341 e. The summed E-state index contributed by atoms with van der Waals surface area (Å²) in [6.07, 6.45) is 0. The minimum absolute atomic E-state index is 0.0542. The average molecular weight is 290 g/mol. The highest BCUT2D eigenvalue weighted by atomic mass is 19.1. The zero-order valence-electron chi connectivity index (χ0n) is 10.7. The van der Waals surface area contributed by atoms with Crippen LogP contribution in [0.1, 0.15) is 20.7 Å². The number of halogens is 1. The summed E-state index contributed by atoms with van der Waals surface area (Å²) in [6.45, 7) is 0. The number of hydrogen-bond donors (Lipinski definition) is 3. The molecule has 21 heavy (non-hydrogen) atoms. The van der Waals surface area contributed by atoms with Gasteiger partial charge in [0.1, 0.15) is 22.9 Å². The number of carboxylic acids is 1. The first-order chi connectivity index (χ1) is 9.91. The van der Waals surface area contributed by atoms with Crippen molar-refractivity contribution in [1.29, 1.82) is 0 Å². The van der Waals surface area contributed by atoms with Gasteiger partial charge in [0.05, 0.1) is 11.3 Å². The number of rotatable bonds is 4. The highest BCUT2D eigenvalue weighted by Crippen LogP contribution is 2.32. The van der Waals surface area contributed by atoms with E-state index in [9.17, 15) is 14.0 Å². The summed E-state index contributed by atoms with van der Waals surface area (Å²) in [5, 5.41) is 9.11. The quantitative estimate of drug-likeness (QED) is 0.745. The summed E-state index contributed by atoms with van der Waals surface area (Å²) in [5.74, 6) is -3.19. The number of hydrogen-bond acceptors (Lipinski definition) is 4. The zero-order valence-corrected chi connectivity index (χ0v) is 10.7. The highest BCUT2D eigenvalue weighted by Gasteiger charge is 2.20. The number of nitrogen functional groups attached to an aromatic ring is 1. The monoisotopic (exact) mass is 290 g/mol. The molecular formula is C14H11FN2O4. The van der Waals surface area contributed by atoms with Gasteiger partial charge in [0.2, 0.25) is 0 Å². The minimum Gasteiger partial charge on any atom is -0.477 e. The van der Waals surface area contributed by atoms with Crippen LogP contribution < -0.4 is 16.2 Å². The molecule has 0 aliphatic rings. The molecule has 0 aliphatic carbocycles. The molecule has 0 radical (unpaired) electrons. The molecule has 0 bridgehead atoms. The van der Waals surface area contributed by atoms with E-state index in [0.29, 0.717) is 0 Å². The third-order valence-electron chi connectivity index (χ3n) is 2.74. The summed E-state index contributed by atoms with van der Waals surface area (Å²) < 4.78 is 18.7. The van der Waals surface area contributed by atoms with Gasteiger partial charge < -0.3 is 21.3 Å². The lowest BCUT2D eigenvalue weighted by Crippen LogP contribution is -2.13. The van der Waals surface area contributed by atoms with Crippen LogP contribution in [-0.4, -0.2) is 17.0 Å². The molecule has 2 aromatic carbocycles. The second kappa shape index (κ2) is 5.49. The van der Waals surface area contributed by atoms with Gasteiger partial charge in [0.15, 0.2) is 0 Å². The number of benzene rings is 2. The van der Waals surface area contributed by atoms with Gasteiger partial charge in [0, 0.05) is 0 Å². The van der Waals surface area contributed by atoms with E-state index in [2.05, 4.69) is 0 Å². The number of para-hydroxylation sites is 1. The van der Waals surface area contributed by atoms with Crippen molar-refractivity contribution < 1.29 is 23.8 Å². The van der Waals surface area contributed by atoms with E-state index < -0.39 is 28.9 Å². The first-order valence-electron chi connectivity index (χ1n) is 5.79. The standard InChI is InChI=1S/C14H11FN2O4/c15-8-5-6-10(11(12(8)16)14(19)20)21-9-4-2-1-3-7(9)13(17)18/h1-6H,16H2,(H2,17,18)(H,19,20). The average Bonchev–Trinajstić information content (AvgIpc) is 2.43. The fourth-order valence-electron chi connectivity index (χ4n) is 1.76. The molecule has 2 rings (SSSR count). The molecular weight excluding hydrogens is 279 g/mol. The van der Waals surface area contributed by atoms with Crippen LogP contribution in [0.2, 0.25) is 0 Å². The van der Waals surface area contributed by atoms with Crippen molar-refractivity contribution in [2.24, 2.45) is 5.73 Å². The number of nitrogens with two attached hydrogens (primary N) is 2. The molecule has 0 aliphatic heterocycles. The van der Waals surface area contributed by atoms with Gasteiger partial charge in [0.25, 0.3) is 5.91 Å². The van der Waals surface area contributed by atoms with Gasteiger partial charge in [-0.2, -0.15) is 0 Å². The number of amides is 1. The highest BCUT2D eigenvalue weighted by molar-refractivity contribution is 5.98. The number of ether oxygens (including phenoxy) is 1. The van der Waals surface area contributed by atoms with Gasteiger partial charge in [-0.15, -0.1) is 0 Å². The lowest BCUT2D eigenvalue weighted by Gasteiger charge is -2.13. The van der Waals surface area contributed by atoms with Crippen molar-refractivity contribution in [1.82, 2.24) is 0 Å². The number of carboxylic acid groups (broad SMARTS) is 1. The Morgan fingerprint density at radius 1 is 1.10 bits per heavy atom. The molecule has 5 N–H and O–H groups in total. The second-order valence-electron chi connectivity index (χ2n) is 4.10.